The van der Waals surface area contributed by atoms with Crippen molar-refractivity contribution in [1.82, 2.24) is 6.15 Å². The zero-order valence-electron chi connectivity index (χ0n) is 14.8. The van der Waals surface area contributed by atoms with E-state index in [9.17, 15) is 25.2 Å². The lowest BCUT2D eigenvalue weighted by Gasteiger charge is -2.44. The highest BCUT2D eigenvalue weighted by atomic mass is 16.7. The summed E-state index contributed by atoms with van der Waals surface area (Å²) in [6.07, 6.45) is -5.26. The summed E-state index contributed by atoms with van der Waals surface area (Å²) < 4.78 is 11.0. The van der Waals surface area contributed by atoms with Crippen molar-refractivity contribution >= 4 is 5.97 Å². The van der Waals surface area contributed by atoms with Crippen LogP contribution in [0, 0.1) is 17.8 Å². The Morgan fingerprint density at radius 1 is 1.17 bits per heavy atom. The van der Waals surface area contributed by atoms with Crippen LogP contribution in [0.3, 0.4) is 0 Å². The number of carboxylic acid groups (broad SMARTS) is 1. The van der Waals surface area contributed by atoms with Crippen molar-refractivity contribution in [1.29, 1.82) is 0 Å². The molecule has 8 heteroatoms. The highest BCUT2D eigenvalue weighted by Gasteiger charge is 2.46. The topological polar surface area (TPSA) is 156 Å². The molecule has 2 fully saturated rings. The van der Waals surface area contributed by atoms with Gasteiger partial charge in [0.25, 0.3) is 0 Å². The van der Waals surface area contributed by atoms with E-state index in [1.807, 2.05) is 0 Å². The van der Waals surface area contributed by atoms with Crippen LogP contribution in [-0.2, 0) is 14.3 Å². The Hall–Kier alpha value is -0.770. The maximum atomic E-state index is 11.0. The third-order valence-corrected chi connectivity index (χ3v) is 5.07. The van der Waals surface area contributed by atoms with Crippen molar-refractivity contribution in [3.05, 3.63) is 0 Å². The lowest BCUT2D eigenvalue weighted by Crippen LogP contribution is -2.63. The van der Waals surface area contributed by atoms with Crippen molar-refractivity contribution in [2.75, 3.05) is 0 Å². The number of hydrogen-bond acceptors (Lipinski definition) is 7. The number of carboxylic acids is 1. The predicted molar refractivity (Wildman–Crippen MR) is 83.9 cm³/mol. The first-order chi connectivity index (χ1) is 10.7. The molecule has 1 heterocycles. The molecule has 24 heavy (non-hydrogen) atoms. The van der Waals surface area contributed by atoms with E-state index in [2.05, 4.69) is 20.8 Å². The van der Waals surface area contributed by atoms with E-state index in [0.717, 1.165) is 19.3 Å². The van der Waals surface area contributed by atoms with Gasteiger partial charge in [-0.2, -0.15) is 0 Å². The molecule has 0 bridgehead atoms. The molecule has 0 amide bonds. The molecule has 1 aliphatic carbocycles. The van der Waals surface area contributed by atoms with Crippen LogP contribution in [0.5, 0.6) is 0 Å². The largest absolute Gasteiger partial charge is 0.547 e. The van der Waals surface area contributed by atoms with Crippen molar-refractivity contribution < 1.29 is 34.7 Å². The van der Waals surface area contributed by atoms with Gasteiger partial charge >= 0.3 is 0 Å². The van der Waals surface area contributed by atoms with Crippen LogP contribution in [0.15, 0.2) is 0 Å². The third kappa shape index (κ3) is 4.44. The Bertz CT molecular complexity index is 419. The molecular formula is C16H31NO7. The fraction of sp³-hybridized carbons (Fsp3) is 0.938. The molecule has 2 aliphatic rings. The minimum Gasteiger partial charge on any atom is -0.547 e. The molecule has 0 aromatic carbocycles. The minimum atomic E-state index is -1.75. The molecule has 8 atom stereocenters. The van der Waals surface area contributed by atoms with Gasteiger partial charge in [-0.15, -0.1) is 0 Å². The Labute approximate surface area is 142 Å². The molecule has 0 aromatic rings. The Kier molecular flexibility index (Phi) is 7.58. The zero-order chi connectivity index (χ0) is 17.3. The van der Waals surface area contributed by atoms with Crippen LogP contribution in [0.2, 0.25) is 0 Å². The van der Waals surface area contributed by atoms with Gasteiger partial charge in [0.05, 0.1) is 12.1 Å². The number of carbonyl (C=O) groups excluding carboxylic acids is 1. The van der Waals surface area contributed by atoms with Gasteiger partial charge in [-0.05, 0) is 30.6 Å². The molecule has 2 rings (SSSR count). The fourth-order valence-electron chi connectivity index (χ4n) is 3.60. The van der Waals surface area contributed by atoms with Gasteiger partial charge < -0.3 is 40.8 Å². The summed E-state index contributed by atoms with van der Waals surface area (Å²) in [4.78, 5) is 11.0. The number of aliphatic hydroxyl groups is 3. The summed E-state index contributed by atoms with van der Waals surface area (Å²) >= 11 is 0. The summed E-state index contributed by atoms with van der Waals surface area (Å²) in [5.41, 5.74) is 0. The number of rotatable bonds is 4. The second-order valence-corrected chi connectivity index (χ2v) is 7.22. The molecule has 1 saturated heterocycles. The fourth-order valence-corrected chi connectivity index (χ4v) is 3.60. The first-order valence-electron chi connectivity index (χ1n) is 8.28. The molecule has 8 nitrogen and oxygen atoms in total. The summed E-state index contributed by atoms with van der Waals surface area (Å²) in [7, 11) is 0. The third-order valence-electron chi connectivity index (χ3n) is 5.07. The maximum Gasteiger partial charge on any atom is 0.187 e. The van der Waals surface area contributed by atoms with Crippen LogP contribution in [0.25, 0.3) is 0 Å². The molecule has 0 radical (unpaired) electrons. The van der Waals surface area contributed by atoms with E-state index in [4.69, 9.17) is 9.47 Å². The average Bonchev–Trinajstić information content (AvgIpc) is 2.47. The lowest BCUT2D eigenvalue weighted by molar-refractivity contribution is -0.355. The van der Waals surface area contributed by atoms with Gasteiger partial charge in [-0.3, -0.25) is 0 Å². The Balaban J connectivity index is 0.00000288. The van der Waals surface area contributed by atoms with Crippen molar-refractivity contribution in [3.8, 4) is 0 Å². The summed E-state index contributed by atoms with van der Waals surface area (Å²) in [5, 5.41) is 40.6. The van der Waals surface area contributed by atoms with Crippen molar-refractivity contribution in [3.63, 3.8) is 0 Å². The molecule has 8 unspecified atom stereocenters. The maximum absolute atomic E-state index is 11.0. The first-order valence-corrected chi connectivity index (χ1v) is 8.28. The first kappa shape index (κ1) is 21.3. The molecule has 7 N–H and O–H groups in total. The SMILES string of the molecule is CC1CCC(C(C)C)C(OC2OC(C(=O)[O-])C(O)C(O)C2O)C1.[NH4+]. The molecular weight excluding hydrogens is 318 g/mol. The minimum absolute atomic E-state index is 0. The van der Waals surface area contributed by atoms with Crippen LogP contribution < -0.4 is 11.3 Å². The molecule has 0 spiro atoms. The Morgan fingerprint density at radius 3 is 2.33 bits per heavy atom. The monoisotopic (exact) mass is 349 g/mol. The highest BCUT2D eigenvalue weighted by Crippen LogP contribution is 2.37. The second kappa shape index (κ2) is 8.55. The van der Waals surface area contributed by atoms with E-state index in [1.54, 1.807) is 0 Å². The smallest absolute Gasteiger partial charge is 0.187 e. The molecule has 1 saturated carbocycles. The number of hydrogen-bond donors (Lipinski definition) is 4. The number of quaternary nitrogens is 1. The van der Waals surface area contributed by atoms with E-state index in [0.29, 0.717) is 11.8 Å². The van der Waals surface area contributed by atoms with Crippen molar-refractivity contribution in [2.24, 2.45) is 17.8 Å². The van der Waals surface area contributed by atoms with Gasteiger partial charge in [-0.25, -0.2) is 0 Å². The van der Waals surface area contributed by atoms with E-state index >= 15 is 0 Å². The van der Waals surface area contributed by atoms with E-state index in [1.165, 1.54) is 0 Å². The summed E-state index contributed by atoms with van der Waals surface area (Å²) in [5.74, 6) is -0.536. The normalized spacial score (nSPS) is 43.3. The van der Waals surface area contributed by atoms with Gasteiger partial charge in [-0.1, -0.05) is 27.2 Å². The van der Waals surface area contributed by atoms with Gasteiger partial charge in [0.1, 0.15) is 24.4 Å². The molecule has 1 aliphatic heterocycles. The summed E-state index contributed by atoms with van der Waals surface area (Å²) in [6, 6.07) is 0. The highest BCUT2D eigenvalue weighted by molar-refractivity contribution is 5.71. The molecule has 142 valence electrons. The molecule has 0 aromatic heterocycles. The standard InChI is InChI=1S/C16H28O7.H3N/c1-7(2)9-5-4-8(3)6-10(9)22-16-13(19)11(17)12(18)14(23-16)15(20)21;/h7-14,16-19H,4-6H2,1-3H3,(H,20,21);1H3. The quantitative estimate of drug-likeness (QED) is 0.528. The van der Waals surface area contributed by atoms with Crippen LogP contribution in [0.1, 0.15) is 40.0 Å². The number of aliphatic hydroxyl groups excluding tert-OH is 3. The van der Waals surface area contributed by atoms with E-state index in [-0.39, 0.29) is 18.2 Å². The van der Waals surface area contributed by atoms with Crippen LogP contribution in [0.4, 0.5) is 0 Å². The predicted octanol–water partition coefficient (Wildman–Crippen LogP) is -0.602. The van der Waals surface area contributed by atoms with Gasteiger partial charge in [0, 0.05) is 0 Å². The van der Waals surface area contributed by atoms with Gasteiger partial charge in [0.2, 0.25) is 0 Å². The summed E-state index contributed by atoms with van der Waals surface area (Å²) in [6.45, 7) is 6.31. The number of carbonyl (C=O) groups is 1. The van der Waals surface area contributed by atoms with Gasteiger partial charge in [0.15, 0.2) is 6.29 Å². The zero-order valence-corrected chi connectivity index (χ0v) is 14.8. The number of aliphatic carboxylic acids is 1. The van der Waals surface area contributed by atoms with E-state index < -0.39 is 36.7 Å². The average molecular weight is 349 g/mol. The van der Waals surface area contributed by atoms with Crippen molar-refractivity contribution in [2.45, 2.75) is 76.8 Å². The Morgan fingerprint density at radius 2 is 1.79 bits per heavy atom. The second-order valence-electron chi connectivity index (χ2n) is 7.22. The number of ether oxygens (including phenoxy) is 2. The van der Waals surface area contributed by atoms with Crippen LogP contribution >= 0.6 is 0 Å². The lowest BCUT2D eigenvalue weighted by atomic mass is 9.75. The van der Waals surface area contributed by atoms with Crippen LogP contribution in [-0.4, -0.2) is 58.1 Å².